The van der Waals surface area contributed by atoms with E-state index in [0.29, 0.717) is 35.4 Å². The number of esters is 1. The van der Waals surface area contributed by atoms with Gasteiger partial charge in [-0.25, -0.2) is 17.6 Å². The lowest BCUT2D eigenvalue weighted by Gasteiger charge is -2.32. The molecule has 1 N–H and O–H groups in total. The predicted octanol–water partition coefficient (Wildman–Crippen LogP) is 2.51. The first-order valence-corrected chi connectivity index (χ1v) is 9.91. The highest BCUT2D eigenvalue weighted by Gasteiger charge is 2.45. The molecular weight excluding hydrogens is 401 g/mol. The van der Waals surface area contributed by atoms with Crippen LogP contribution in [0.4, 0.5) is 4.39 Å². The van der Waals surface area contributed by atoms with Crippen molar-refractivity contribution in [1.82, 2.24) is 5.32 Å². The Morgan fingerprint density at radius 3 is 2.83 bits per heavy atom. The van der Waals surface area contributed by atoms with Gasteiger partial charge in [0, 0.05) is 5.70 Å². The van der Waals surface area contributed by atoms with E-state index in [2.05, 4.69) is 21.2 Å². The van der Waals surface area contributed by atoms with Crippen molar-refractivity contribution in [1.29, 1.82) is 0 Å². The van der Waals surface area contributed by atoms with Crippen molar-refractivity contribution < 1.29 is 22.3 Å². The molecule has 126 valence electrons. The maximum absolute atomic E-state index is 13.6. The highest BCUT2D eigenvalue weighted by molar-refractivity contribution is 9.10. The van der Waals surface area contributed by atoms with Crippen molar-refractivity contribution in [2.75, 3.05) is 12.4 Å². The number of carbonyl (C=O) groups excluding carboxylic acids is 1. The second-order valence-corrected chi connectivity index (χ2v) is 8.90. The number of hydrogen-bond acceptors (Lipinski definition) is 5. The standard InChI is InChI=1S/C16H13BrFNO4S/c17-9-6-8(3-4-10(9)18)13-14-12(7-23-16(14)20)19-11-2-1-5-24(21,22)15(11)13/h3-4,6,13,19H,1-2,5,7H2/t13-/m1/s1. The van der Waals surface area contributed by atoms with Crippen LogP contribution in [0.5, 0.6) is 0 Å². The van der Waals surface area contributed by atoms with E-state index < -0.39 is 27.5 Å². The fourth-order valence-corrected chi connectivity index (χ4v) is 5.76. The van der Waals surface area contributed by atoms with Crippen LogP contribution in [0.25, 0.3) is 0 Å². The van der Waals surface area contributed by atoms with Crippen LogP contribution in [-0.4, -0.2) is 26.7 Å². The van der Waals surface area contributed by atoms with Gasteiger partial charge in [0.2, 0.25) is 0 Å². The zero-order chi connectivity index (χ0) is 17.1. The van der Waals surface area contributed by atoms with Crippen LogP contribution in [0, 0.1) is 5.82 Å². The summed E-state index contributed by atoms with van der Waals surface area (Å²) < 4.78 is 44.3. The lowest BCUT2D eigenvalue weighted by Crippen LogP contribution is -2.34. The molecule has 3 aliphatic heterocycles. The molecule has 1 aromatic carbocycles. The van der Waals surface area contributed by atoms with Gasteiger partial charge in [0.05, 0.1) is 32.3 Å². The Labute approximate surface area is 146 Å². The van der Waals surface area contributed by atoms with Crippen LogP contribution >= 0.6 is 15.9 Å². The van der Waals surface area contributed by atoms with Gasteiger partial charge >= 0.3 is 5.97 Å². The molecule has 8 heteroatoms. The minimum atomic E-state index is -3.50. The Balaban J connectivity index is 1.96. The summed E-state index contributed by atoms with van der Waals surface area (Å²) >= 11 is 3.13. The summed E-state index contributed by atoms with van der Waals surface area (Å²) in [5, 5.41) is 3.08. The van der Waals surface area contributed by atoms with Gasteiger partial charge in [0.25, 0.3) is 0 Å². The van der Waals surface area contributed by atoms with Gasteiger partial charge in [0.1, 0.15) is 12.4 Å². The monoisotopic (exact) mass is 413 g/mol. The molecule has 0 radical (unpaired) electrons. The van der Waals surface area contributed by atoms with E-state index in [9.17, 15) is 17.6 Å². The summed E-state index contributed by atoms with van der Waals surface area (Å²) in [6.45, 7) is 0.101. The Kier molecular flexibility index (Phi) is 3.58. The molecule has 0 aromatic heterocycles. The lowest BCUT2D eigenvalue weighted by atomic mass is 9.86. The number of carbonyl (C=O) groups is 1. The van der Waals surface area contributed by atoms with Crippen LogP contribution in [0.1, 0.15) is 24.3 Å². The molecule has 3 aliphatic rings. The Morgan fingerprint density at radius 2 is 2.08 bits per heavy atom. The number of ether oxygens (including phenoxy) is 1. The number of cyclic esters (lactones) is 1. The number of rotatable bonds is 1. The predicted molar refractivity (Wildman–Crippen MR) is 88.0 cm³/mol. The number of benzene rings is 1. The third-order valence-corrected chi connectivity index (χ3v) is 7.08. The lowest BCUT2D eigenvalue weighted by molar-refractivity contribution is -0.136. The molecule has 0 spiro atoms. The third-order valence-electron chi connectivity index (χ3n) is 4.49. The number of nitrogens with one attached hydrogen (secondary N) is 1. The molecule has 0 amide bonds. The molecule has 0 bridgehead atoms. The maximum Gasteiger partial charge on any atom is 0.337 e. The van der Waals surface area contributed by atoms with E-state index in [1.54, 1.807) is 0 Å². The van der Waals surface area contributed by atoms with E-state index in [-0.39, 0.29) is 21.7 Å². The van der Waals surface area contributed by atoms with Crippen LogP contribution < -0.4 is 5.32 Å². The fourth-order valence-electron chi connectivity index (χ4n) is 3.47. The van der Waals surface area contributed by atoms with Gasteiger partial charge in [-0.15, -0.1) is 0 Å². The van der Waals surface area contributed by atoms with E-state index in [4.69, 9.17) is 4.74 Å². The summed E-state index contributed by atoms with van der Waals surface area (Å²) in [4.78, 5) is 12.4. The highest BCUT2D eigenvalue weighted by Crippen LogP contribution is 2.46. The van der Waals surface area contributed by atoms with Gasteiger partial charge in [-0.1, -0.05) is 6.07 Å². The Bertz CT molecular complexity index is 935. The number of hydrogen-bond donors (Lipinski definition) is 1. The number of halogens is 2. The second kappa shape index (κ2) is 5.42. The number of allylic oxidation sites excluding steroid dienone is 2. The van der Waals surface area contributed by atoms with E-state index >= 15 is 0 Å². The molecule has 1 aromatic rings. The molecule has 5 nitrogen and oxygen atoms in total. The molecule has 0 fully saturated rings. The van der Waals surface area contributed by atoms with Crippen LogP contribution in [0.3, 0.4) is 0 Å². The topological polar surface area (TPSA) is 72.5 Å². The largest absolute Gasteiger partial charge is 0.456 e. The Hall–Kier alpha value is -1.67. The molecular formula is C16H13BrFNO4S. The fraction of sp³-hybridized carbons (Fsp3) is 0.312. The van der Waals surface area contributed by atoms with E-state index in [0.717, 1.165) is 0 Å². The molecule has 0 saturated carbocycles. The molecule has 4 rings (SSSR count). The minimum absolute atomic E-state index is 0.0457. The number of sulfone groups is 1. The zero-order valence-electron chi connectivity index (χ0n) is 12.4. The van der Waals surface area contributed by atoms with Crippen molar-refractivity contribution in [2.45, 2.75) is 18.8 Å². The van der Waals surface area contributed by atoms with Crippen molar-refractivity contribution in [3.05, 3.63) is 55.9 Å². The first kappa shape index (κ1) is 15.8. The molecule has 0 saturated heterocycles. The summed E-state index contributed by atoms with van der Waals surface area (Å²) in [5.74, 6) is -1.69. The molecule has 3 heterocycles. The summed E-state index contributed by atoms with van der Waals surface area (Å²) in [6.07, 6.45) is 1.13. The average molecular weight is 414 g/mol. The number of dihydropyridines is 1. The van der Waals surface area contributed by atoms with Gasteiger partial charge in [0.15, 0.2) is 9.84 Å². The zero-order valence-corrected chi connectivity index (χ0v) is 14.8. The van der Waals surface area contributed by atoms with Gasteiger partial charge in [-0.2, -0.15) is 0 Å². The van der Waals surface area contributed by atoms with Crippen molar-refractivity contribution in [3.63, 3.8) is 0 Å². The average Bonchev–Trinajstić information content (AvgIpc) is 2.89. The molecule has 1 atom stereocenters. The first-order valence-electron chi connectivity index (χ1n) is 7.46. The minimum Gasteiger partial charge on any atom is -0.456 e. The van der Waals surface area contributed by atoms with E-state index in [1.165, 1.54) is 18.2 Å². The molecule has 0 aliphatic carbocycles. The van der Waals surface area contributed by atoms with Crippen LogP contribution in [0.15, 0.2) is 44.5 Å². The smallest absolute Gasteiger partial charge is 0.337 e. The summed E-state index contributed by atoms with van der Waals surface area (Å²) in [6, 6.07) is 4.30. The normalized spacial score (nSPS) is 25.1. The van der Waals surface area contributed by atoms with Crippen molar-refractivity contribution in [3.8, 4) is 0 Å². The van der Waals surface area contributed by atoms with Gasteiger partial charge in [-0.05, 0) is 46.5 Å². The highest BCUT2D eigenvalue weighted by atomic mass is 79.9. The maximum atomic E-state index is 13.6. The summed E-state index contributed by atoms with van der Waals surface area (Å²) in [7, 11) is -3.50. The van der Waals surface area contributed by atoms with E-state index in [1.807, 2.05) is 0 Å². The quantitative estimate of drug-likeness (QED) is 0.716. The van der Waals surface area contributed by atoms with Crippen LogP contribution in [0.2, 0.25) is 0 Å². The molecule has 0 unspecified atom stereocenters. The Morgan fingerprint density at radius 1 is 1.29 bits per heavy atom. The van der Waals surface area contributed by atoms with Gasteiger partial charge < -0.3 is 10.1 Å². The van der Waals surface area contributed by atoms with Gasteiger partial charge in [-0.3, -0.25) is 0 Å². The second-order valence-electron chi connectivity index (χ2n) is 5.97. The van der Waals surface area contributed by atoms with Crippen molar-refractivity contribution >= 4 is 31.7 Å². The van der Waals surface area contributed by atoms with Crippen LogP contribution in [-0.2, 0) is 19.4 Å². The SMILES string of the molecule is O=C1OCC2=C1[C@@H](c1ccc(F)c(Br)c1)C1=C(CCCS1(=O)=O)N2. The first-order chi connectivity index (χ1) is 11.4. The third kappa shape index (κ3) is 2.31. The van der Waals surface area contributed by atoms with Crippen molar-refractivity contribution in [2.24, 2.45) is 0 Å². The molecule has 24 heavy (non-hydrogen) atoms. The summed E-state index contributed by atoms with van der Waals surface area (Å²) in [5.41, 5.74) is 2.07.